The third kappa shape index (κ3) is 6.95. The highest BCUT2D eigenvalue weighted by molar-refractivity contribution is 14.0. The van der Waals surface area contributed by atoms with Crippen LogP contribution in [0.3, 0.4) is 0 Å². The first-order valence-corrected chi connectivity index (χ1v) is 10.3. The largest absolute Gasteiger partial charge is 0.473 e. The second kappa shape index (κ2) is 12.9. The molecule has 2 N–H and O–H groups in total. The van der Waals surface area contributed by atoms with Gasteiger partial charge < -0.3 is 19.9 Å². The van der Waals surface area contributed by atoms with Gasteiger partial charge >= 0.3 is 0 Å². The van der Waals surface area contributed by atoms with Gasteiger partial charge in [-0.2, -0.15) is 0 Å². The van der Waals surface area contributed by atoms with Gasteiger partial charge in [0.25, 0.3) is 0 Å². The molecular weight excluding hydrogens is 505 g/mol. The van der Waals surface area contributed by atoms with E-state index in [4.69, 9.17) is 9.26 Å². The fraction of sp³-hybridized carbons (Fsp3) is 0.348. The lowest BCUT2D eigenvalue weighted by Gasteiger charge is -2.14. The molecule has 1 aromatic carbocycles. The molecule has 0 unspecified atom stereocenters. The number of guanidine groups is 1. The van der Waals surface area contributed by atoms with Crippen molar-refractivity contribution in [2.45, 2.75) is 46.4 Å². The average Bonchev–Trinajstić information content (AvgIpc) is 3.21. The molecule has 0 bridgehead atoms. The van der Waals surface area contributed by atoms with Gasteiger partial charge in [-0.3, -0.25) is 4.99 Å². The summed E-state index contributed by atoms with van der Waals surface area (Å²) in [5.74, 6) is 2.22. The zero-order chi connectivity index (χ0) is 21.2. The Labute approximate surface area is 200 Å². The van der Waals surface area contributed by atoms with Gasteiger partial charge in [0.1, 0.15) is 12.4 Å². The molecular formula is C23H30IN5O2. The Morgan fingerprint density at radius 3 is 2.52 bits per heavy atom. The van der Waals surface area contributed by atoms with E-state index in [1.54, 1.807) is 13.2 Å². The molecule has 0 spiro atoms. The number of aromatic nitrogens is 2. The molecule has 0 aliphatic heterocycles. The number of hydrogen-bond donors (Lipinski definition) is 2. The number of aliphatic imine (C=N–C) groups is 1. The quantitative estimate of drug-likeness (QED) is 0.242. The number of hydrogen-bond acceptors (Lipinski definition) is 5. The van der Waals surface area contributed by atoms with Crippen LogP contribution in [0.15, 0.2) is 58.2 Å². The maximum absolute atomic E-state index is 5.94. The summed E-state index contributed by atoms with van der Waals surface area (Å²) < 4.78 is 11.4. The van der Waals surface area contributed by atoms with Crippen LogP contribution in [0.25, 0.3) is 0 Å². The van der Waals surface area contributed by atoms with Crippen LogP contribution in [-0.2, 0) is 32.5 Å². The Bertz CT molecular complexity index is 938. The maximum atomic E-state index is 5.94. The van der Waals surface area contributed by atoms with E-state index in [1.807, 2.05) is 42.5 Å². The Morgan fingerprint density at radius 2 is 1.81 bits per heavy atom. The highest BCUT2D eigenvalue weighted by Gasteiger charge is 2.14. The molecule has 0 atom stereocenters. The van der Waals surface area contributed by atoms with Gasteiger partial charge in [0.15, 0.2) is 5.96 Å². The minimum absolute atomic E-state index is 0. The van der Waals surface area contributed by atoms with Crippen LogP contribution in [0.1, 0.15) is 42.0 Å². The SMILES string of the molecule is CCc1noc(CC)c1CNC(=NC)NCc1cccnc1OCc1ccccc1.I. The Balaban J connectivity index is 0.00000341. The summed E-state index contributed by atoms with van der Waals surface area (Å²) in [6.07, 6.45) is 3.39. The van der Waals surface area contributed by atoms with E-state index in [0.29, 0.717) is 31.5 Å². The minimum atomic E-state index is 0. The third-order valence-corrected chi connectivity index (χ3v) is 4.78. The predicted molar refractivity (Wildman–Crippen MR) is 133 cm³/mol. The molecule has 3 rings (SSSR count). The summed E-state index contributed by atoms with van der Waals surface area (Å²) in [5.41, 5.74) is 4.16. The van der Waals surface area contributed by atoms with Crippen molar-refractivity contribution in [1.82, 2.24) is 20.8 Å². The van der Waals surface area contributed by atoms with Gasteiger partial charge in [0, 0.05) is 43.9 Å². The van der Waals surface area contributed by atoms with Crippen LogP contribution in [-0.4, -0.2) is 23.1 Å². The molecule has 2 heterocycles. The van der Waals surface area contributed by atoms with Gasteiger partial charge in [-0.15, -0.1) is 24.0 Å². The number of aryl methyl sites for hydroxylation is 2. The standard InChI is InChI=1S/C23H29N5O2.HI/c1-4-20-19(21(5-2)30-28-20)15-27-23(24-3)26-14-18-12-9-13-25-22(18)29-16-17-10-7-6-8-11-17;/h6-13H,4-5,14-16H2,1-3H3,(H2,24,26,27);1H. The van der Waals surface area contributed by atoms with Gasteiger partial charge in [-0.05, 0) is 18.1 Å². The first-order valence-electron chi connectivity index (χ1n) is 10.3. The Morgan fingerprint density at radius 1 is 1.03 bits per heavy atom. The van der Waals surface area contributed by atoms with Crippen molar-refractivity contribution >= 4 is 29.9 Å². The lowest BCUT2D eigenvalue weighted by molar-refractivity contribution is 0.290. The molecule has 3 aromatic rings. The molecule has 0 fully saturated rings. The first kappa shape index (κ1) is 24.6. The minimum Gasteiger partial charge on any atom is -0.473 e. The number of benzene rings is 1. The van der Waals surface area contributed by atoms with Crippen LogP contribution >= 0.6 is 24.0 Å². The van der Waals surface area contributed by atoms with Crippen molar-refractivity contribution in [2.24, 2.45) is 4.99 Å². The maximum Gasteiger partial charge on any atom is 0.218 e. The van der Waals surface area contributed by atoms with E-state index in [2.05, 4.69) is 39.6 Å². The van der Waals surface area contributed by atoms with E-state index < -0.39 is 0 Å². The zero-order valence-electron chi connectivity index (χ0n) is 18.2. The van der Waals surface area contributed by atoms with E-state index >= 15 is 0 Å². The number of pyridine rings is 1. The summed E-state index contributed by atoms with van der Waals surface area (Å²) >= 11 is 0. The molecule has 0 radical (unpaired) electrons. The number of ether oxygens (including phenoxy) is 1. The Kier molecular flexibility index (Phi) is 10.3. The lowest BCUT2D eigenvalue weighted by atomic mass is 10.1. The smallest absolute Gasteiger partial charge is 0.218 e. The van der Waals surface area contributed by atoms with Gasteiger partial charge in [-0.25, -0.2) is 4.98 Å². The van der Waals surface area contributed by atoms with Crippen molar-refractivity contribution in [3.63, 3.8) is 0 Å². The summed E-state index contributed by atoms with van der Waals surface area (Å²) in [6.45, 7) is 5.77. The second-order valence-corrected chi connectivity index (χ2v) is 6.76. The van der Waals surface area contributed by atoms with Crippen LogP contribution in [0.5, 0.6) is 5.88 Å². The van der Waals surface area contributed by atoms with Gasteiger partial charge in [-0.1, -0.05) is 55.4 Å². The second-order valence-electron chi connectivity index (χ2n) is 6.76. The van der Waals surface area contributed by atoms with Crippen molar-refractivity contribution in [3.05, 3.63) is 76.8 Å². The summed E-state index contributed by atoms with van der Waals surface area (Å²) in [6, 6.07) is 14.0. The van der Waals surface area contributed by atoms with Crippen LogP contribution < -0.4 is 15.4 Å². The highest BCUT2D eigenvalue weighted by atomic mass is 127. The zero-order valence-corrected chi connectivity index (χ0v) is 20.6. The molecule has 2 aromatic heterocycles. The molecule has 7 nitrogen and oxygen atoms in total. The molecule has 0 aliphatic carbocycles. The molecule has 0 saturated carbocycles. The molecule has 31 heavy (non-hydrogen) atoms. The summed E-state index contributed by atoms with van der Waals surface area (Å²) in [7, 11) is 1.75. The Hall–Kier alpha value is -2.62. The molecule has 8 heteroatoms. The predicted octanol–water partition coefficient (Wildman–Crippen LogP) is 4.26. The molecule has 166 valence electrons. The van der Waals surface area contributed by atoms with Gasteiger partial charge in [0.2, 0.25) is 5.88 Å². The van der Waals surface area contributed by atoms with Crippen molar-refractivity contribution in [1.29, 1.82) is 0 Å². The van der Waals surface area contributed by atoms with Crippen LogP contribution in [0.2, 0.25) is 0 Å². The molecule has 0 amide bonds. The fourth-order valence-corrected chi connectivity index (χ4v) is 3.12. The monoisotopic (exact) mass is 535 g/mol. The van der Waals surface area contributed by atoms with Crippen molar-refractivity contribution in [3.8, 4) is 5.88 Å². The first-order chi connectivity index (χ1) is 14.7. The summed E-state index contributed by atoms with van der Waals surface area (Å²) in [5, 5.41) is 10.8. The summed E-state index contributed by atoms with van der Waals surface area (Å²) in [4.78, 5) is 8.71. The average molecular weight is 535 g/mol. The molecule has 0 aliphatic rings. The number of nitrogens with one attached hydrogen (secondary N) is 2. The highest BCUT2D eigenvalue weighted by Crippen LogP contribution is 2.17. The van der Waals surface area contributed by atoms with E-state index in [1.165, 1.54) is 0 Å². The topological polar surface area (TPSA) is 84.6 Å². The number of rotatable bonds is 9. The van der Waals surface area contributed by atoms with Gasteiger partial charge in [0.05, 0.1) is 5.69 Å². The lowest BCUT2D eigenvalue weighted by Crippen LogP contribution is -2.36. The number of nitrogens with zero attached hydrogens (tertiary/aromatic N) is 3. The van der Waals surface area contributed by atoms with Crippen molar-refractivity contribution in [2.75, 3.05) is 7.05 Å². The van der Waals surface area contributed by atoms with E-state index in [0.717, 1.165) is 41.0 Å². The van der Waals surface area contributed by atoms with Crippen LogP contribution in [0.4, 0.5) is 0 Å². The normalized spacial score (nSPS) is 11.0. The fourth-order valence-electron chi connectivity index (χ4n) is 3.12. The van der Waals surface area contributed by atoms with Crippen molar-refractivity contribution < 1.29 is 9.26 Å². The van der Waals surface area contributed by atoms with E-state index in [9.17, 15) is 0 Å². The van der Waals surface area contributed by atoms with Crippen LogP contribution in [0, 0.1) is 0 Å². The van der Waals surface area contributed by atoms with E-state index in [-0.39, 0.29) is 24.0 Å². The molecule has 0 saturated heterocycles. The third-order valence-electron chi connectivity index (χ3n) is 4.78. The number of halogens is 1.